The van der Waals surface area contributed by atoms with Gasteiger partial charge in [-0.05, 0) is 31.9 Å². The van der Waals surface area contributed by atoms with E-state index < -0.39 is 5.97 Å². The second-order valence-corrected chi connectivity index (χ2v) is 5.17. The lowest BCUT2D eigenvalue weighted by Crippen LogP contribution is -2.31. The van der Waals surface area contributed by atoms with Crippen molar-refractivity contribution in [2.24, 2.45) is 0 Å². The summed E-state index contributed by atoms with van der Waals surface area (Å²) in [5, 5.41) is 9.64. The standard InChI is InChI=1S/C14H19ClN2O3/c1-2-20-14(19)11-7-9(16)8-12(15)13(11)17(5-6-18)10-3-4-10/h7-8,10,18H,2-6,16H2,1H3. The molecule has 1 fully saturated rings. The first kappa shape index (κ1) is 14.9. The maximum Gasteiger partial charge on any atom is 0.340 e. The number of carbonyl (C=O) groups is 1. The summed E-state index contributed by atoms with van der Waals surface area (Å²) < 4.78 is 5.06. The van der Waals surface area contributed by atoms with Crippen LogP contribution in [0.1, 0.15) is 30.1 Å². The average Bonchev–Trinajstić information content (AvgIpc) is 3.20. The van der Waals surface area contributed by atoms with Gasteiger partial charge in [-0.25, -0.2) is 4.79 Å². The summed E-state index contributed by atoms with van der Waals surface area (Å²) in [6.07, 6.45) is 2.06. The minimum Gasteiger partial charge on any atom is -0.462 e. The van der Waals surface area contributed by atoms with Crippen molar-refractivity contribution in [2.45, 2.75) is 25.8 Å². The Kier molecular flexibility index (Phi) is 4.73. The van der Waals surface area contributed by atoms with Crippen LogP contribution in [0, 0.1) is 0 Å². The number of aliphatic hydroxyl groups is 1. The van der Waals surface area contributed by atoms with Crippen molar-refractivity contribution < 1.29 is 14.6 Å². The van der Waals surface area contributed by atoms with Gasteiger partial charge < -0.3 is 20.5 Å². The molecule has 1 aromatic rings. The summed E-state index contributed by atoms with van der Waals surface area (Å²) in [5.41, 5.74) is 7.15. The van der Waals surface area contributed by atoms with Crippen LogP contribution in [0.5, 0.6) is 0 Å². The Morgan fingerprint density at radius 1 is 1.55 bits per heavy atom. The molecule has 1 aliphatic rings. The predicted octanol–water partition coefficient (Wildman–Crippen LogP) is 2.06. The second-order valence-electron chi connectivity index (χ2n) is 4.77. The van der Waals surface area contributed by atoms with Gasteiger partial charge in [0, 0.05) is 18.3 Å². The van der Waals surface area contributed by atoms with Crippen LogP contribution in [-0.4, -0.2) is 36.9 Å². The number of esters is 1. The van der Waals surface area contributed by atoms with E-state index in [1.807, 2.05) is 4.90 Å². The monoisotopic (exact) mass is 298 g/mol. The first-order chi connectivity index (χ1) is 9.58. The van der Waals surface area contributed by atoms with Gasteiger partial charge in [-0.3, -0.25) is 0 Å². The Bertz CT molecular complexity index is 503. The molecule has 3 N–H and O–H groups in total. The van der Waals surface area contributed by atoms with Crippen LogP contribution in [0.25, 0.3) is 0 Å². The molecule has 5 nitrogen and oxygen atoms in total. The van der Waals surface area contributed by atoms with Crippen LogP contribution in [0.15, 0.2) is 12.1 Å². The number of hydrogen-bond acceptors (Lipinski definition) is 5. The molecule has 0 radical (unpaired) electrons. The van der Waals surface area contributed by atoms with Crippen molar-refractivity contribution >= 4 is 28.9 Å². The molecule has 0 spiro atoms. The Morgan fingerprint density at radius 2 is 2.25 bits per heavy atom. The maximum atomic E-state index is 12.1. The molecular weight excluding hydrogens is 280 g/mol. The molecule has 20 heavy (non-hydrogen) atoms. The Labute approximate surface area is 123 Å². The summed E-state index contributed by atoms with van der Waals surface area (Å²) in [6.45, 7) is 2.46. The van der Waals surface area contributed by atoms with Gasteiger partial charge in [0.1, 0.15) is 0 Å². The first-order valence-corrected chi connectivity index (χ1v) is 7.10. The predicted molar refractivity (Wildman–Crippen MR) is 79.3 cm³/mol. The van der Waals surface area contributed by atoms with Crippen LogP contribution in [0.2, 0.25) is 5.02 Å². The largest absolute Gasteiger partial charge is 0.462 e. The normalized spacial score (nSPS) is 14.2. The number of nitrogens with zero attached hydrogens (tertiary/aromatic N) is 1. The third-order valence-corrected chi connectivity index (χ3v) is 3.48. The van der Waals surface area contributed by atoms with E-state index in [0.29, 0.717) is 34.5 Å². The highest BCUT2D eigenvalue weighted by Crippen LogP contribution is 2.39. The Morgan fingerprint density at radius 3 is 2.80 bits per heavy atom. The van der Waals surface area contributed by atoms with Crippen molar-refractivity contribution in [1.29, 1.82) is 0 Å². The molecule has 0 atom stereocenters. The van der Waals surface area contributed by atoms with E-state index in [1.54, 1.807) is 19.1 Å². The smallest absolute Gasteiger partial charge is 0.340 e. The van der Waals surface area contributed by atoms with Crippen LogP contribution in [0.4, 0.5) is 11.4 Å². The summed E-state index contributed by atoms with van der Waals surface area (Å²) >= 11 is 6.27. The van der Waals surface area contributed by atoms with Crippen molar-refractivity contribution in [3.8, 4) is 0 Å². The van der Waals surface area contributed by atoms with Crippen molar-refractivity contribution in [3.05, 3.63) is 22.7 Å². The van der Waals surface area contributed by atoms with Gasteiger partial charge in [0.05, 0.1) is 29.5 Å². The van der Waals surface area contributed by atoms with Gasteiger partial charge in [-0.15, -0.1) is 0 Å². The van der Waals surface area contributed by atoms with E-state index in [2.05, 4.69) is 0 Å². The fourth-order valence-corrected chi connectivity index (χ4v) is 2.58. The third-order valence-electron chi connectivity index (χ3n) is 3.20. The fraction of sp³-hybridized carbons (Fsp3) is 0.500. The van der Waals surface area contributed by atoms with E-state index >= 15 is 0 Å². The number of nitrogens with two attached hydrogens (primary N) is 1. The molecule has 110 valence electrons. The molecule has 0 heterocycles. The lowest BCUT2D eigenvalue weighted by atomic mass is 10.1. The number of hydrogen-bond donors (Lipinski definition) is 2. The molecule has 0 amide bonds. The Balaban J connectivity index is 2.45. The van der Waals surface area contributed by atoms with Crippen LogP contribution < -0.4 is 10.6 Å². The number of aliphatic hydroxyl groups excluding tert-OH is 1. The Hall–Kier alpha value is -1.46. The van der Waals surface area contributed by atoms with Crippen molar-refractivity contribution in [2.75, 3.05) is 30.4 Å². The highest BCUT2D eigenvalue weighted by molar-refractivity contribution is 6.34. The zero-order valence-electron chi connectivity index (χ0n) is 11.4. The first-order valence-electron chi connectivity index (χ1n) is 6.72. The molecule has 0 bridgehead atoms. The molecule has 1 aromatic carbocycles. The highest BCUT2D eigenvalue weighted by atomic mass is 35.5. The number of ether oxygens (including phenoxy) is 1. The SMILES string of the molecule is CCOC(=O)c1cc(N)cc(Cl)c1N(CCO)C1CC1. The van der Waals surface area contributed by atoms with Gasteiger partial charge in [-0.2, -0.15) is 0 Å². The quantitative estimate of drug-likeness (QED) is 0.621. The molecule has 6 heteroatoms. The maximum absolute atomic E-state index is 12.1. The number of nitrogen functional groups attached to an aromatic ring is 1. The average molecular weight is 299 g/mol. The van der Waals surface area contributed by atoms with Gasteiger partial charge in [0.15, 0.2) is 0 Å². The van der Waals surface area contributed by atoms with E-state index in [0.717, 1.165) is 12.8 Å². The number of anilines is 2. The molecule has 1 saturated carbocycles. The number of rotatable bonds is 6. The minimum atomic E-state index is -0.444. The van der Waals surface area contributed by atoms with Crippen molar-refractivity contribution in [3.63, 3.8) is 0 Å². The lowest BCUT2D eigenvalue weighted by molar-refractivity contribution is 0.0527. The van der Waals surface area contributed by atoms with Gasteiger partial charge in [0.2, 0.25) is 0 Å². The zero-order chi connectivity index (χ0) is 14.7. The topological polar surface area (TPSA) is 75.8 Å². The van der Waals surface area contributed by atoms with E-state index in [1.165, 1.54) is 0 Å². The van der Waals surface area contributed by atoms with E-state index in [4.69, 9.17) is 22.1 Å². The fourth-order valence-electron chi connectivity index (χ4n) is 2.25. The third kappa shape index (κ3) is 3.16. The van der Waals surface area contributed by atoms with Crippen LogP contribution in [-0.2, 0) is 4.74 Å². The molecule has 0 saturated heterocycles. The number of benzene rings is 1. The minimum absolute atomic E-state index is 0.000525. The number of carbonyl (C=O) groups excluding carboxylic acids is 1. The molecular formula is C14H19ClN2O3. The number of halogens is 1. The summed E-state index contributed by atoms with van der Waals surface area (Å²) in [4.78, 5) is 14.1. The van der Waals surface area contributed by atoms with Gasteiger partial charge >= 0.3 is 5.97 Å². The van der Waals surface area contributed by atoms with Gasteiger partial charge in [-0.1, -0.05) is 11.6 Å². The van der Waals surface area contributed by atoms with E-state index in [-0.39, 0.29) is 13.2 Å². The molecule has 0 aromatic heterocycles. The molecule has 1 aliphatic carbocycles. The zero-order valence-corrected chi connectivity index (χ0v) is 12.2. The molecule has 0 aliphatic heterocycles. The van der Waals surface area contributed by atoms with Crippen LogP contribution >= 0.6 is 11.6 Å². The highest BCUT2D eigenvalue weighted by Gasteiger charge is 2.33. The molecule has 0 unspecified atom stereocenters. The van der Waals surface area contributed by atoms with E-state index in [9.17, 15) is 9.90 Å². The van der Waals surface area contributed by atoms with Crippen LogP contribution in [0.3, 0.4) is 0 Å². The van der Waals surface area contributed by atoms with Crippen molar-refractivity contribution in [1.82, 2.24) is 0 Å². The molecule has 2 rings (SSSR count). The summed E-state index contributed by atoms with van der Waals surface area (Å²) in [6, 6.07) is 3.51. The van der Waals surface area contributed by atoms with Gasteiger partial charge in [0.25, 0.3) is 0 Å². The second kappa shape index (κ2) is 6.33. The lowest BCUT2D eigenvalue weighted by Gasteiger charge is -2.27. The summed E-state index contributed by atoms with van der Waals surface area (Å²) in [7, 11) is 0. The summed E-state index contributed by atoms with van der Waals surface area (Å²) in [5.74, 6) is -0.444.